The zero-order chi connectivity index (χ0) is 10.6. The summed E-state index contributed by atoms with van der Waals surface area (Å²) in [6.07, 6.45) is 6.97. The first-order valence-corrected chi connectivity index (χ1v) is 5.09. The number of esters is 2. The van der Waals surface area contributed by atoms with Crippen LogP contribution in [-0.4, -0.2) is 11.9 Å². The Labute approximate surface area is 84.1 Å². The van der Waals surface area contributed by atoms with Crippen LogP contribution < -0.4 is 0 Å². The second-order valence-electron chi connectivity index (χ2n) is 3.62. The maximum atomic E-state index is 11.2. The molecular weight excluding hydrogens is 180 g/mol. The van der Waals surface area contributed by atoms with Crippen molar-refractivity contribution in [2.45, 2.75) is 33.1 Å². The fourth-order valence-corrected chi connectivity index (χ4v) is 1.42. The Hall–Kier alpha value is -1.12. The van der Waals surface area contributed by atoms with Crippen molar-refractivity contribution in [1.82, 2.24) is 0 Å². The highest BCUT2D eigenvalue weighted by Gasteiger charge is 2.39. The Morgan fingerprint density at radius 3 is 2.57 bits per heavy atom. The second kappa shape index (κ2) is 4.94. The van der Waals surface area contributed by atoms with E-state index in [1.807, 2.05) is 6.08 Å². The smallest absolute Gasteiger partial charge is 0.321 e. The van der Waals surface area contributed by atoms with Gasteiger partial charge in [-0.1, -0.05) is 38.8 Å². The quantitative estimate of drug-likeness (QED) is 0.299. The van der Waals surface area contributed by atoms with Gasteiger partial charge in [-0.25, -0.2) is 0 Å². The lowest BCUT2D eigenvalue weighted by molar-refractivity contribution is -0.153. The van der Waals surface area contributed by atoms with Crippen LogP contribution in [0.2, 0.25) is 0 Å². The van der Waals surface area contributed by atoms with E-state index in [2.05, 4.69) is 11.7 Å². The number of rotatable bonds is 4. The molecular formula is C11H16O3. The molecule has 1 heterocycles. The molecule has 3 heteroatoms. The number of cyclic esters (lactones) is 2. The van der Waals surface area contributed by atoms with Crippen LogP contribution in [0.5, 0.6) is 0 Å². The summed E-state index contributed by atoms with van der Waals surface area (Å²) in [7, 11) is 0. The molecule has 2 unspecified atom stereocenters. The third kappa shape index (κ3) is 2.44. The lowest BCUT2D eigenvalue weighted by atomic mass is 9.96. The molecule has 0 bridgehead atoms. The van der Waals surface area contributed by atoms with Crippen molar-refractivity contribution in [2.75, 3.05) is 0 Å². The second-order valence-corrected chi connectivity index (χ2v) is 3.62. The van der Waals surface area contributed by atoms with Crippen molar-refractivity contribution in [3.8, 4) is 0 Å². The van der Waals surface area contributed by atoms with Crippen LogP contribution >= 0.6 is 0 Å². The van der Waals surface area contributed by atoms with Gasteiger partial charge in [0.2, 0.25) is 0 Å². The van der Waals surface area contributed by atoms with Crippen LogP contribution in [0.3, 0.4) is 0 Å². The first kappa shape index (κ1) is 11.0. The Bertz CT molecular complexity index is 255. The van der Waals surface area contributed by atoms with Gasteiger partial charge in [0.1, 0.15) is 0 Å². The molecule has 1 rings (SSSR count). The van der Waals surface area contributed by atoms with Gasteiger partial charge in [-0.2, -0.15) is 0 Å². The fourth-order valence-electron chi connectivity index (χ4n) is 1.42. The minimum atomic E-state index is -0.407. The average molecular weight is 196 g/mol. The Kier molecular flexibility index (Phi) is 3.86. The van der Waals surface area contributed by atoms with Gasteiger partial charge >= 0.3 is 11.9 Å². The Balaban J connectivity index is 2.47. The maximum Gasteiger partial charge on any atom is 0.321 e. The van der Waals surface area contributed by atoms with Gasteiger partial charge in [0.25, 0.3) is 0 Å². The van der Waals surface area contributed by atoms with E-state index in [0.717, 1.165) is 19.3 Å². The third-order valence-corrected chi connectivity index (χ3v) is 2.45. The minimum Gasteiger partial charge on any atom is -0.392 e. The van der Waals surface area contributed by atoms with Gasteiger partial charge in [0.05, 0.1) is 11.8 Å². The van der Waals surface area contributed by atoms with E-state index in [0.29, 0.717) is 0 Å². The molecule has 1 fully saturated rings. The molecule has 1 saturated heterocycles. The molecule has 14 heavy (non-hydrogen) atoms. The van der Waals surface area contributed by atoms with Crippen LogP contribution in [0.4, 0.5) is 0 Å². The van der Waals surface area contributed by atoms with E-state index >= 15 is 0 Å². The van der Waals surface area contributed by atoms with E-state index in [4.69, 9.17) is 0 Å². The SMILES string of the molecule is CCCCC=CC1C(=O)OC(=O)C1C. The van der Waals surface area contributed by atoms with E-state index in [1.54, 1.807) is 13.0 Å². The maximum absolute atomic E-state index is 11.2. The molecule has 0 N–H and O–H groups in total. The van der Waals surface area contributed by atoms with Crippen molar-refractivity contribution in [3.63, 3.8) is 0 Å². The van der Waals surface area contributed by atoms with Crippen LogP contribution in [-0.2, 0) is 14.3 Å². The molecule has 1 aliphatic heterocycles. The molecule has 1 aliphatic rings. The third-order valence-electron chi connectivity index (χ3n) is 2.45. The van der Waals surface area contributed by atoms with Crippen LogP contribution in [0.25, 0.3) is 0 Å². The summed E-state index contributed by atoms with van der Waals surface area (Å²) in [5.74, 6) is -1.49. The zero-order valence-corrected chi connectivity index (χ0v) is 8.66. The van der Waals surface area contributed by atoms with E-state index in [9.17, 15) is 9.59 Å². The standard InChI is InChI=1S/C11H16O3/c1-3-4-5-6-7-9-8(2)10(12)14-11(9)13/h6-9H,3-5H2,1-2H3. The summed E-state index contributed by atoms with van der Waals surface area (Å²) in [5, 5.41) is 0. The minimum absolute atomic E-state index is 0.319. The van der Waals surface area contributed by atoms with Gasteiger partial charge in [-0.3, -0.25) is 9.59 Å². The van der Waals surface area contributed by atoms with Crippen LogP contribution in [0.1, 0.15) is 33.1 Å². The fraction of sp³-hybridized carbons (Fsp3) is 0.636. The highest BCUT2D eigenvalue weighted by atomic mass is 16.6. The topological polar surface area (TPSA) is 43.4 Å². The first-order valence-electron chi connectivity index (χ1n) is 5.09. The number of ether oxygens (including phenoxy) is 1. The van der Waals surface area contributed by atoms with Gasteiger partial charge in [-0.05, 0) is 6.42 Å². The monoisotopic (exact) mass is 196 g/mol. The number of hydrogen-bond acceptors (Lipinski definition) is 3. The molecule has 0 aromatic heterocycles. The molecule has 78 valence electrons. The molecule has 0 aliphatic carbocycles. The summed E-state index contributed by atoms with van der Waals surface area (Å²) in [6.45, 7) is 3.84. The molecule has 2 atom stereocenters. The van der Waals surface area contributed by atoms with Crippen molar-refractivity contribution in [3.05, 3.63) is 12.2 Å². The molecule has 0 spiro atoms. The molecule has 0 aromatic rings. The first-order chi connectivity index (χ1) is 6.66. The van der Waals surface area contributed by atoms with Crippen molar-refractivity contribution >= 4 is 11.9 Å². The predicted octanol–water partition coefficient (Wildman–Crippen LogP) is 2.07. The van der Waals surface area contributed by atoms with Crippen molar-refractivity contribution in [1.29, 1.82) is 0 Å². The van der Waals surface area contributed by atoms with Crippen LogP contribution in [0, 0.1) is 11.8 Å². The number of unbranched alkanes of at least 4 members (excludes halogenated alkanes) is 2. The predicted molar refractivity (Wildman–Crippen MR) is 52.4 cm³/mol. The molecule has 0 amide bonds. The van der Waals surface area contributed by atoms with Crippen molar-refractivity contribution in [2.24, 2.45) is 11.8 Å². The lowest BCUT2D eigenvalue weighted by Gasteiger charge is -2.01. The summed E-state index contributed by atoms with van der Waals surface area (Å²) in [5.41, 5.74) is 0. The summed E-state index contributed by atoms with van der Waals surface area (Å²) < 4.78 is 4.51. The van der Waals surface area contributed by atoms with Gasteiger partial charge < -0.3 is 4.74 Å². The molecule has 0 radical (unpaired) electrons. The summed E-state index contributed by atoms with van der Waals surface area (Å²) >= 11 is 0. The normalized spacial score (nSPS) is 27.3. The van der Waals surface area contributed by atoms with Crippen molar-refractivity contribution < 1.29 is 14.3 Å². The number of carbonyl (C=O) groups is 2. The van der Waals surface area contributed by atoms with Gasteiger partial charge in [0.15, 0.2) is 0 Å². The number of carbonyl (C=O) groups excluding carboxylic acids is 2. The zero-order valence-electron chi connectivity index (χ0n) is 8.66. The molecule has 3 nitrogen and oxygen atoms in total. The molecule has 0 aromatic carbocycles. The summed E-state index contributed by atoms with van der Waals surface area (Å²) in [6, 6.07) is 0. The lowest BCUT2D eigenvalue weighted by Crippen LogP contribution is -2.11. The highest BCUT2D eigenvalue weighted by Crippen LogP contribution is 2.24. The largest absolute Gasteiger partial charge is 0.392 e. The average Bonchev–Trinajstić information content (AvgIpc) is 2.38. The van der Waals surface area contributed by atoms with E-state index in [-0.39, 0.29) is 11.8 Å². The molecule has 0 saturated carbocycles. The summed E-state index contributed by atoms with van der Waals surface area (Å²) in [4.78, 5) is 22.2. The van der Waals surface area contributed by atoms with E-state index < -0.39 is 11.9 Å². The van der Waals surface area contributed by atoms with E-state index in [1.165, 1.54) is 0 Å². The van der Waals surface area contributed by atoms with Gasteiger partial charge in [-0.15, -0.1) is 0 Å². The highest BCUT2D eigenvalue weighted by molar-refractivity contribution is 5.97. The van der Waals surface area contributed by atoms with Crippen LogP contribution in [0.15, 0.2) is 12.2 Å². The Morgan fingerprint density at radius 2 is 2.07 bits per heavy atom. The number of allylic oxidation sites excluding steroid dienone is 1. The number of hydrogen-bond donors (Lipinski definition) is 0. The van der Waals surface area contributed by atoms with Gasteiger partial charge in [0, 0.05) is 0 Å². The Morgan fingerprint density at radius 1 is 1.36 bits per heavy atom.